The predicted octanol–water partition coefficient (Wildman–Crippen LogP) is 2.33. The molecule has 0 saturated heterocycles. The van der Waals surface area contributed by atoms with Crippen LogP contribution in [-0.4, -0.2) is 4.57 Å². The summed E-state index contributed by atoms with van der Waals surface area (Å²) in [4.78, 5) is 11.5. The maximum Gasteiger partial charge on any atom is 0.253 e. The molecule has 0 bridgehead atoms. The second-order valence-corrected chi connectivity index (χ2v) is 3.76. The zero-order valence-electron chi connectivity index (χ0n) is 7.30. The molecule has 1 rings (SSSR count). The van der Waals surface area contributed by atoms with Crippen LogP contribution in [0.2, 0.25) is 0 Å². The zero-order valence-corrected chi connectivity index (χ0v) is 8.89. The summed E-state index contributed by atoms with van der Waals surface area (Å²) in [5.41, 5.74) is 0.901. The summed E-state index contributed by atoms with van der Waals surface area (Å²) in [5, 5.41) is 0. The standard InChI is InChI=1S/C9H12BrNO/c1-3-4-11-6-8(10)5-7(2)9(11)12/h5-6H,3-4H2,1-2H3. The van der Waals surface area contributed by atoms with E-state index in [1.165, 1.54) is 0 Å². The van der Waals surface area contributed by atoms with Gasteiger partial charge in [0.15, 0.2) is 0 Å². The van der Waals surface area contributed by atoms with Gasteiger partial charge in [-0.15, -0.1) is 0 Å². The van der Waals surface area contributed by atoms with Gasteiger partial charge in [0.2, 0.25) is 0 Å². The molecule has 0 saturated carbocycles. The Morgan fingerprint density at radius 1 is 1.58 bits per heavy atom. The first-order valence-corrected chi connectivity index (χ1v) is 4.81. The van der Waals surface area contributed by atoms with Gasteiger partial charge in [-0.2, -0.15) is 0 Å². The fourth-order valence-electron chi connectivity index (χ4n) is 1.15. The van der Waals surface area contributed by atoms with Crippen molar-refractivity contribution < 1.29 is 0 Å². The molecule has 0 fully saturated rings. The van der Waals surface area contributed by atoms with Gasteiger partial charge in [0.1, 0.15) is 0 Å². The van der Waals surface area contributed by atoms with Gasteiger partial charge in [-0.05, 0) is 35.3 Å². The summed E-state index contributed by atoms with van der Waals surface area (Å²) in [7, 11) is 0. The molecule has 0 unspecified atom stereocenters. The highest BCUT2D eigenvalue weighted by atomic mass is 79.9. The van der Waals surface area contributed by atoms with Gasteiger partial charge in [-0.3, -0.25) is 4.79 Å². The summed E-state index contributed by atoms with van der Waals surface area (Å²) in [6.45, 7) is 4.68. The van der Waals surface area contributed by atoms with E-state index in [0.717, 1.165) is 23.0 Å². The van der Waals surface area contributed by atoms with Crippen molar-refractivity contribution in [3.05, 3.63) is 32.7 Å². The van der Waals surface area contributed by atoms with E-state index >= 15 is 0 Å². The lowest BCUT2D eigenvalue weighted by molar-refractivity contribution is 0.648. The van der Waals surface area contributed by atoms with Crippen LogP contribution < -0.4 is 5.56 Å². The highest BCUT2D eigenvalue weighted by molar-refractivity contribution is 9.10. The molecule has 0 radical (unpaired) electrons. The molecule has 0 amide bonds. The van der Waals surface area contributed by atoms with Crippen molar-refractivity contribution in [2.24, 2.45) is 0 Å². The van der Waals surface area contributed by atoms with Crippen molar-refractivity contribution in [1.82, 2.24) is 4.57 Å². The van der Waals surface area contributed by atoms with Crippen LogP contribution in [0.4, 0.5) is 0 Å². The number of rotatable bonds is 2. The molecular formula is C9H12BrNO. The molecule has 1 aromatic rings. The van der Waals surface area contributed by atoms with Crippen LogP contribution in [0.15, 0.2) is 21.5 Å². The van der Waals surface area contributed by atoms with Gasteiger partial charge in [-0.1, -0.05) is 6.92 Å². The summed E-state index contributed by atoms with van der Waals surface area (Å²) >= 11 is 3.36. The van der Waals surface area contributed by atoms with Crippen LogP contribution >= 0.6 is 15.9 Å². The normalized spacial score (nSPS) is 10.2. The van der Waals surface area contributed by atoms with Crippen molar-refractivity contribution in [1.29, 1.82) is 0 Å². The van der Waals surface area contributed by atoms with Gasteiger partial charge >= 0.3 is 0 Å². The minimum atomic E-state index is 0.111. The Morgan fingerprint density at radius 2 is 2.25 bits per heavy atom. The smallest absolute Gasteiger partial charge is 0.253 e. The quantitative estimate of drug-likeness (QED) is 0.764. The maximum atomic E-state index is 11.5. The summed E-state index contributed by atoms with van der Waals surface area (Å²) in [6.07, 6.45) is 2.81. The molecule has 2 nitrogen and oxygen atoms in total. The van der Waals surface area contributed by atoms with E-state index in [-0.39, 0.29) is 5.56 Å². The predicted molar refractivity (Wildman–Crippen MR) is 53.4 cm³/mol. The monoisotopic (exact) mass is 229 g/mol. The summed E-state index contributed by atoms with van der Waals surface area (Å²) in [5.74, 6) is 0. The topological polar surface area (TPSA) is 22.0 Å². The first-order chi connectivity index (χ1) is 5.65. The Bertz CT molecular complexity index is 330. The average Bonchev–Trinajstić information content (AvgIpc) is 2.00. The lowest BCUT2D eigenvalue weighted by Gasteiger charge is -2.04. The van der Waals surface area contributed by atoms with Crippen LogP contribution in [0.3, 0.4) is 0 Å². The van der Waals surface area contributed by atoms with Crippen LogP contribution in [0.5, 0.6) is 0 Å². The minimum absolute atomic E-state index is 0.111. The molecule has 0 aliphatic heterocycles. The van der Waals surface area contributed by atoms with Crippen molar-refractivity contribution >= 4 is 15.9 Å². The fourth-order valence-corrected chi connectivity index (χ4v) is 1.74. The molecule has 0 aromatic carbocycles. The largest absolute Gasteiger partial charge is 0.314 e. The lowest BCUT2D eigenvalue weighted by Crippen LogP contribution is -2.21. The molecule has 0 aliphatic rings. The molecule has 66 valence electrons. The number of hydrogen-bond donors (Lipinski definition) is 0. The van der Waals surface area contributed by atoms with E-state index in [1.54, 1.807) is 4.57 Å². The Kier molecular flexibility index (Phi) is 3.09. The van der Waals surface area contributed by atoms with Crippen molar-refractivity contribution in [3.8, 4) is 0 Å². The first-order valence-electron chi connectivity index (χ1n) is 4.01. The van der Waals surface area contributed by atoms with E-state index in [9.17, 15) is 4.79 Å². The average molecular weight is 230 g/mol. The zero-order chi connectivity index (χ0) is 9.14. The Hall–Kier alpha value is -0.570. The van der Waals surface area contributed by atoms with Crippen molar-refractivity contribution in [2.45, 2.75) is 26.8 Å². The van der Waals surface area contributed by atoms with Crippen LogP contribution in [-0.2, 0) is 6.54 Å². The van der Waals surface area contributed by atoms with Crippen molar-refractivity contribution in [2.75, 3.05) is 0 Å². The molecular weight excluding hydrogens is 218 g/mol. The van der Waals surface area contributed by atoms with Gasteiger partial charge < -0.3 is 4.57 Å². The molecule has 0 atom stereocenters. The number of aryl methyl sites for hydroxylation is 2. The summed E-state index contributed by atoms with van der Waals surface area (Å²) in [6, 6.07) is 1.84. The molecule has 3 heteroatoms. The second-order valence-electron chi connectivity index (χ2n) is 2.84. The highest BCUT2D eigenvalue weighted by Gasteiger charge is 1.99. The number of aromatic nitrogens is 1. The van der Waals surface area contributed by atoms with Gasteiger partial charge in [0, 0.05) is 22.8 Å². The maximum absolute atomic E-state index is 11.5. The first kappa shape index (κ1) is 9.52. The molecule has 0 aliphatic carbocycles. The number of halogens is 1. The molecule has 0 N–H and O–H groups in total. The van der Waals surface area contributed by atoms with Gasteiger partial charge in [0.05, 0.1) is 0 Å². The third-order valence-electron chi connectivity index (χ3n) is 1.70. The molecule has 12 heavy (non-hydrogen) atoms. The molecule has 1 heterocycles. The molecule has 1 aromatic heterocycles. The minimum Gasteiger partial charge on any atom is -0.314 e. The highest BCUT2D eigenvalue weighted by Crippen LogP contribution is 2.07. The number of hydrogen-bond acceptors (Lipinski definition) is 1. The third-order valence-corrected chi connectivity index (χ3v) is 2.13. The lowest BCUT2D eigenvalue weighted by atomic mass is 10.3. The second kappa shape index (κ2) is 3.90. The summed E-state index contributed by atoms with van der Waals surface area (Å²) < 4.78 is 2.70. The van der Waals surface area contributed by atoms with Crippen molar-refractivity contribution in [3.63, 3.8) is 0 Å². The number of nitrogens with zero attached hydrogens (tertiary/aromatic N) is 1. The molecule has 0 spiro atoms. The van der Waals surface area contributed by atoms with E-state index in [1.807, 2.05) is 19.2 Å². The fraction of sp³-hybridized carbons (Fsp3) is 0.444. The van der Waals surface area contributed by atoms with E-state index in [2.05, 4.69) is 22.9 Å². The van der Waals surface area contributed by atoms with E-state index < -0.39 is 0 Å². The van der Waals surface area contributed by atoms with Gasteiger partial charge in [0.25, 0.3) is 5.56 Å². The van der Waals surface area contributed by atoms with Crippen LogP contribution in [0.1, 0.15) is 18.9 Å². The van der Waals surface area contributed by atoms with Gasteiger partial charge in [-0.25, -0.2) is 0 Å². The SMILES string of the molecule is CCCn1cc(Br)cc(C)c1=O. The number of pyridine rings is 1. The Labute approximate surface area is 80.3 Å². The van der Waals surface area contributed by atoms with E-state index in [0.29, 0.717) is 0 Å². The van der Waals surface area contributed by atoms with Crippen LogP contribution in [0, 0.1) is 6.92 Å². The third kappa shape index (κ3) is 1.97. The Morgan fingerprint density at radius 3 is 2.83 bits per heavy atom. The van der Waals surface area contributed by atoms with E-state index in [4.69, 9.17) is 0 Å². The Balaban J connectivity index is 3.19. The van der Waals surface area contributed by atoms with Crippen LogP contribution in [0.25, 0.3) is 0 Å².